The first-order chi connectivity index (χ1) is 9.84. The van der Waals surface area contributed by atoms with Crippen LogP contribution in [0.3, 0.4) is 0 Å². The van der Waals surface area contributed by atoms with Gasteiger partial charge in [0.1, 0.15) is 13.2 Å². The molecule has 0 unspecified atom stereocenters. The highest BCUT2D eigenvalue weighted by molar-refractivity contribution is 5.97. The van der Waals surface area contributed by atoms with E-state index < -0.39 is 0 Å². The molecule has 0 aromatic heterocycles. The molecule has 0 bridgehead atoms. The molecule has 1 amide bonds. The molecule has 0 atom stereocenters. The van der Waals surface area contributed by atoms with Crippen molar-refractivity contribution in [3.8, 4) is 11.5 Å². The van der Waals surface area contributed by atoms with Gasteiger partial charge >= 0.3 is 0 Å². The summed E-state index contributed by atoms with van der Waals surface area (Å²) >= 11 is 0. The van der Waals surface area contributed by atoms with Crippen molar-refractivity contribution in [2.45, 2.75) is 12.8 Å². The molecule has 1 saturated heterocycles. The second kappa shape index (κ2) is 6.13. The summed E-state index contributed by atoms with van der Waals surface area (Å²) in [5.74, 6) is 1.72. The molecular weight excluding hydrogens is 256 g/mol. The predicted molar refractivity (Wildman–Crippen MR) is 75.4 cm³/mol. The van der Waals surface area contributed by atoms with Crippen LogP contribution in [0, 0.1) is 5.92 Å². The van der Waals surface area contributed by atoms with Crippen LogP contribution in [0.1, 0.15) is 23.2 Å². The Labute approximate surface area is 118 Å². The highest BCUT2D eigenvalue weighted by Crippen LogP contribution is 2.33. The number of hydrogen-bond acceptors (Lipinski definition) is 4. The molecule has 20 heavy (non-hydrogen) atoms. The first kappa shape index (κ1) is 13.2. The highest BCUT2D eigenvalue weighted by atomic mass is 16.6. The van der Waals surface area contributed by atoms with Gasteiger partial charge in [-0.2, -0.15) is 0 Å². The summed E-state index contributed by atoms with van der Waals surface area (Å²) in [6.45, 7) is 3.83. The summed E-state index contributed by atoms with van der Waals surface area (Å²) in [4.78, 5) is 12.3. The Morgan fingerprint density at radius 1 is 1.25 bits per heavy atom. The van der Waals surface area contributed by atoms with E-state index in [1.54, 1.807) is 6.07 Å². The van der Waals surface area contributed by atoms with Crippen LogP contribution in [0.4, 0.5) is 0 Å². The maximum absolute atomic E-state index is 12.3. The number of hydrogen-bond donors (Lipinski definition) is 2. The topological polar surface area (TPSA) is 59.6 Å². The lowest BCUT2D eigenvalue weighted by Crippen LogP contribution is -2.36. The average Bonchev–Trinajstić information content (AvgIpc) is 2.53. The van der Waals surface area contributed by atoms with Gasteiger partial charge in [0.05, 0.1) is 5.56 Å². The molecule has 2 aliphatic heterocycles. The lowest BCUT2D eigenvalue weighted by Gasteiger charge is -2.24. The lowest BCUT2D eigenvalue weighted by molar-refractivity contribution is 0.0933. The molecular formula is C15H20N2O3. The van der Waals surface area contributed by atoms with Gasteiger partial charge in [0.25, 0.3) is 5.91 Å². The Kier molecular flexibility index (Phi) is 4.06. The van der Waals surface area contributed by atoms with Crippen molar-refractivity contribution in [2.75, 3.05) is 32.8 Å². The highest BCUT2D eigenvalue weighted by Gasteiger charge is 2.21. The van der Waals surface area contributed by atoms with Gasteiger partial charge in [0, 0.05) is 6.54 Å². The molecule has 1 aromatic carbocycles. The summed E-state index contributed by atoms with van der Waals surface area (Å²) in [5, 5.41) is 6.34. The lowest BCUT2D eigenvalue weighted by atomic mass is 9.98. The first-order valence-electron chi connectivity index (χ1n) is 7.22. The van der Waals surface area contributed by atoms with Crippen LogP contribution in [0.15, 0.2) is 18.2 Å². The molecule has 2 aliphatic rings. The Bertz CT molecular complexity index is 484. The first-order valence-corrected chi connectivity index (χ1v) is 7.22. The van der Waals surface area contributed by atoms with E-state index in [0.29, 0.717) is 36.2 Å². The van der Waals surface area contributed by atoms with E-state index in [1.165, 1.54) is 0 Å². The summed E-state index contributed by atoms with van der Waals surface area (Å²) in [6.07, 6.45) is 2.24. The van der Waals surface area contributed by atoms with Crippen LogP contribution in [0.25, 0.3) is 0 Å². The van der Waals surface area contributed by atoms with Crippen LogP contribution in [-0.2, 0) is 0 Å². The van der Waals surface area contributed by atoms with Gasteiger partial charge in [-0.15, -0.1) is 0 Å². The summed E-state index contributed by atoms with van der Waals surface area (Å²) < 4.78 is 11.1. The Hall–Kier alpha value is -1.75. The van der Waals surface area contributed by atoms with E-state index in [2.05, 4.69) is 10.6 Å². The van der Waals surface area contributed by atoms with Crippen molar-refractivity contribution in [1.29, 1.82) is 0 Å². The number of fused-ring (bicyclic) bond motifs is 1. The zero-order chi connectivity index (χ0) is 13.8. The van der Waals surface area contributed by atoms with Gasteiger partial charge in [0.15, 0.2) is 11.5 Å². The molecule has 0 saturated carbocycles. The molecule has 108 valence electrons. The van der Waals surface area contributed by atoms with Gasteiger partial charge in [-0.25, -0.2) is 0 Å². The second-order valence-electron chi connectivity index (χ2n) is 5.23. The largest absolute Gasteiger partial charge is 0.486 e. The third-order valence-electron chi connectivity index (χ3n) is 3.82. The molecule has 1 aromatic rings. The normalized spacial score (nSPS) is 18.6. The van der Waals surface area contributed by atoms with Crippen LogP contribution < -0.4 is 20.1 Å². The van der Waals surface area contributed by atoms with Crippen molar-refractivity contribution in [3.63, 3.8) is 0 Å². The number of ether oxygens (including phenoxy) is 2. The fraction of sp³-hybridized carbons (Fsp3) is 0.533. The third kappa shape index (κ3) is 2.88. The summed E-state index contributed by atoms with van der Waals surface area (Å²) in [5.41, 5.74) is 0.566. The smallest absolute Gasteiger partial charge is 0.255 e. The molecule has 5 heteroatoms. The Balaban J connectivity index is 1.64. The van der Waals surface area contributed by atoms with Gasteiger partial charge in [-0.05, 0) is 44.0 Å². The maximum Gasteiger partial charge on any atom is 0.255 e. The van der Waals surface area contributed by atoms with Crippen LogP contribution >= 0.6 is 0 Å². The second-order valence-corrected chi connectivity index (χ2v) is 5.23. The van der Waals surface area contributed by atoms with Gasteiger partial charge in [-0.3, -0.25) is 4.79 Å². The SMILES string of the molecule is O=C(NCC1CCNCC1)c1cccc2c1OCCO2. The number of benzene rings is 1. The van der Waals surface area contributed by atoms with Gasteiger partial charge in [0.2, 0.25) is 0 Å². The fourth-order valence-corrected chi connectivity index (χ4v) is 2.67. The number of nitrogens with one attached hydrogen (secondary N) is 2. The van der Waals surface area contributed by atoms with Crippen LogP contribution in [0.2, 0.25) is 0 Å². The zero-order valence-corrected chi connectivity index (χ0v) is 11.5. The monoisotopic (exact) mass is 276 g/mol. The summed E-state index contributed by atoms with van der Waals surface area (Å²) in [7, 11) is 0. The minimum absolute atomic E-state index is 0.0779. The minimum Gasteiger partial charge on any atom is -0.486 e. The van der Waals surface area contributed by atoms with Gasteiger partial charge in [-0.1, -0.05) is 6.07 Å². The number of piperidine rings is 1. The van der Waals surface area contributed by atoms with Crippen LogP contribution in [-0.4, -0.2) is 38.8 Å². The number of para-hydroxylation sites is 1. The molecule has 1 fully saturated rings. The van der Waals surface area contributed by atoms with E-state index in [9.17, 15) is 4.79 Å². The van der Waals surface area contributed by atoms with E-state index in [0.717, 1.165) is 32.5 Å². The number of rotatable bonds is 3. The van der Waals surface area contributed by atoms with Crippen molar-refractivity contribution in [1.82, 2.24) is 10.6 Å². The third-order valence-corrected chi connectivity index (χ3v) is 3.82. The molecule has 0 radical (unpaired) electrons. The maximum atomic E-state index is 12.3. The van der Waals surface area contributed by atoms with Crippen molar-refractivity contribution >= 4 is 5.91 Å². The molecule has 3 rings (SSSR count). The minimum atomic E-state index is -0.0779. The van der Waals surface area contributed by atoms with Crippen molar-refractivity contribution in [3.05, 3.63) is 23.8 Å². The number of carbonyl (C=O) groups is 1. The molecule has 0 aliphatic carbocycles. The molecule has 2 N–H and O–H groups in total. The van der Waals surface area contributed by atoms with Crippen LogP contribution in [0.5, 0.6) is 11.5 Å². The Morgan fingerprint density at radius 3 is 2.90 bits per heavy atom. The van der Waals surface area contributed by atoms with E-state index in [4.69, 9.17) is 9.47 Å². The van der Waals surface area contributed by atoms with E-state index in [-0.39, 0.29) is 5.91 Å². The average molecular weight is 276 g/mol. The molecule has 2 heterocycles. The summed E-state index contributed by atoms with van der Waals surface area (Å²) in [6, 6.07) is 5.44. The van der Waals surface area contributed by atoms with Crippen molar-refractivity contribution in [2.24, 2.45) is 5.92 Å². The van der Waals surface area contributed by atoms with E-state index in [1.807, 2.05) is 12.1 Å². The quantitative estimate of drug-likeness (QED) is 0.870. The zero-order valence-electron chi connectivity index (χ0n) is 11.5. The number of amides is 1. The van der Waals surface area contributed by atoms with Crippen molar-refractivity contribution < 1.29 is 14.3 Å². The fourth-order valence-electron chi connectivity index (χ4n) is 2.67. The van der Waals surface area contributed by atoms with E-state index >= 15 is 0 Å². The Morgan fingerprint density at radius 2 is 2.05 bits per heavy atom. The standard InChI is InChI=1S/C15H20N2O3/c18-15(17-10-11-4-6-16-7-5-11)12-2-1-3-13-14(12)20-9-8-19-13/h1-3,11,16H,4-10H2,(H,17,18). The number of carbonyl (C=O) groups excluding carboxylic acids is 1. The molecule has 0 spiro atoms. The molecule has 5 nitrogen and oxygen atoms in total. The van der Waals surface area contributed by atoms with Gasteiger partial charge < -0.3 is 20.1 Å². The predicted octanol–water partition coefficient (Wildman–Crippen LogP) is 1.19.